The molecule has 1 unspecified atom stereocenters. The molecule has 0 fully saturated rings. The summed E-state index contributed by atoms with van der Waals surface area (Å²) in [5, 5.41) is 8.97. The summed E-state index contributed by atoms with van der Waals surface area (Å²) in [5.41, 5.74) is -1.31. The van der Waals surface area contributed by atoms with E-state index in [1.54, 1.807) is 0 Å². The lowest BCUT2D eigenvalue weighted by Gasteiger charge is -2.36. The van der Waals surface area contributed by atoms with Crippen LogP contribution in [0.5, 0.6) is 5.75 Å². The fourth-order valence-electron chi connectivity index (χ4n) is 3.89. The Kier molecular flexibility index (Phi) is 7.08. The van der Waals surface area contributed by atoms with Crippen LogP contribution in [0.3, 0.4) is 0 Å². The zero-order valence-electron chi connectivity index (χ0n) is 18.6. The predicted molar refractivity (Wildman–Crippen MR) is 124 cm³/mol. The summed E-state index contributed by atoms with van der Waals surface area (Å²) < 4.78 is 101. The summed E-state index contributed by atoms with van der Waals surface area (Å²) in [6.45, 7) is -0.433. The van der Waals surface area contributed by atoms with Gasteiger partial charge in [-0.05, 0) is 48.4 Å². The summed E-state index contributed by atoms with van der Waals surface area (Å²) in [4.78, 5) is 10.4. The third-order valence-corrected chi connectivity index (χ3v) is 7.67. The lowest BCUT2D eigenvalue weighted by Crippen LogP contribution is -2.43. The van der Waals surface area contributed by atoms with Crippen LogP contribution in [0.2, 0.25) is 5.02 Å². The van der Waals surface area contributed by atoms with Crippen molar-refractivity contribution in [2.24, 2.45) is 0 Å². The molecule has 1 atom stereocenters. The quantitative estimate of drug-likeness (QED) is 0.366. The van der Waals surface area contributed by atoms with E-state index in [1.807, 2.05) is 0 Å². The van der Waals surface area contributed by atoms with Gasteiger partial charge in [0.1, 0.15) is 23.5 Å². The first-order chi connectivity index (χ1) is 17.3. The van der Waals surface area contributed by atoms with Gasteiger partial charge in [0.2, 0.25) is 0 Å². The summed E-state index contributed by atoms with van der Waals surface area (Å²) in [6.07, 6.45) is -6.26. The number of carbonyl (C=O) groups is 1. The predicted octanol–water partition coefficient (Wildman–Crippen LogP) is 6.13. The second-order valence-electron chi connectivity index (χ2n) is 8.19. The van der Waals surface area contributed by atoms with Crippen molar-refractivity contribution < 1.29 is 45.0 Å². The number of anilines is 1. The fourth-order valence-corrected chi connectivity index (χ4v) is 5.69. The molecule has 1 heterocycles. The van der Waals surface area contributed by atoms with Gasteiger partial charge < -0.3 is 9.84 Å². The van der Waals surface area contributed by atoms with E-state index in [0.29, 0.717) is 12.1 Å². The normalized spacial score (nSPS) is 15.7. The van der Waals surface area contributed by atoms with Gasteiger partial charge in [-0.3, -0.25) is 9.10 Å². The number of alkyl halides is 3. The van der Waals surface area contributed by atoms with Crippen molar-refractivity contribution in [3.05, 3.63) is 76.8 Å². The van der Waals surface area contributed by atoms with Gasteiger partial charge in [-0.15, -0.1) is 0 Å². The maximum atomic E-state index is 13.9. The molecule has 0 spiro atoms. The largest absolute Gasteiger partial charge is 0.486 e. The molecular formula is C24H17ClF5NO5S. The number of rotatable bonds is 6. The Morgan fingerprint density at radius 2 is 1.76 bits per heavy atom. The number of benzene rings is 3. The molecule has 0 bridgehead atoms. The van der Waals surface area contributed by atoms with Crippen molar-refractivity contribution in [2.75, 3.05) is 10.8 Å². The molecular weight excluding hydrogens is 545 g/mol. The van der Waals surface area contributed by atoms with Crippen LogP contribution in [0.15, 0.2) is 59.5 Å². The standard InChI is InChI=1S/C24H17ClF5NO5S/c25-20-11-22-21(10-19(20)13-6-15(26)9-16(27)7-13)31(12-17(36-22)4-5-23(32)33)37(34,35)18-3-1-2-14(8-18)24(28,29)30/h1-3,6-11,17H,4-5,12H2,(H,32,33). The highest BCUT2D eigenvalue weighted by Crippen LogP contribution is 2.44. The number of hydrogen-bond acceptors (Lipinski definition) is 4. The first-order valence-electron chi connectivity index (χ1n) is 10.6. The highest BCUT2D eigenvalue weighted by molar-refractivity contribution is 7.92. The van der Waals surface area contributed by atoms with E-state index >= 15 is 0 Å². The first kappa shape index (κ1) is 26.7. The maximum Gasteiger partial charge on any atom is 0.416 e. The van der Waals surface area contributed by atoms with E-state index in [0.717, 1.165) is 34.6 Å². The molecule has 37 heavy (non-hydrogen) atoms. The average Bonchev–Trinajstić information content (AvgIpc) is 2.80. The van der Waals surface area contributed by atoms with Crippen LogP contribution >= 0.6 is 11.6 Å². The number of nitrogens with zero attached hydrogens (tertiary/aromatic N) is 1. The Morgan fingerprint density at radius 3 is 2.38 bits per heavy atom. The second kappa shape index (κ2) is 9.82. The van der Waals surface area contributed by atoms with Gasteiger partial charge in [-0.1, -0.05) is 17.7 Å². The maximum absolute atomic E-state index is 13.9. The van der Waals surface area contributed by atoms with E-state index in [4.69, 9.17) is 21.4 Å². The van der Waals surface area contributed by atoms with Crippen LogP contribution in [0, 0.1) is 11.6 Å². The Hall–Kier alpha value is -3.38. The van der Waals surface area contributed by atoms with Crippen LogP contribution in [-0.2, 0) is 21.0 Å². The molecule has 13 heteroatoms. The number of sulfonamides is 1. The molecule has 0 amide bonds. The average molecular weight is 562 g/mol. The number of carboxylic acids is 1. The summed E-state index contributed by atoms with van der Waals surface area (Å²) in [7, 11) is -4.64. The highest BCUT2D eigenvalue weighted by atomic mass is 35.5. The third-order valence-electron chi connectivity index (χ3n) is 5.58. The molecule has 3 aromatic rings. The summed E-state index contributed by atoms with van der Waals surface area (Å²) >= 11 is 6.31. The highest BCUT2D eigenvalue weighted by Gasteiger charge is 2.37. The number of hydrogen-bond donors (Lipinski definition) is 1. The van der Waals surface area contributed by atoms with E-state index in [1.165, 1.54) is 12.1 Å². The van der Waals surface area contributed by atoms with Gasteiger partial charge >= 0.3 is 12.1 Å². The van der Waals surface area contributed by atoms with Gasteiger partial charge in [0.05, 0.1) is 27.7 Å². The Morgan fingerprint density at radius 1 is 1.08 bits per heavy atom. The SMILES string of the molecule is O=C(O)CCC1CN(S(=O)(=O)c2cccc(C(F)(F)F)c2)c2cc(-c3cc(F)cc(F)c3)c(Cl)cc2O1. The molecule has 3 aromatic carbocycles. The minimum absolute atomic E-state index is 0.0188. The van der Waals surface area contributed by atoms with Crippen molar-refractivity contribution in [2.45, 2.75) is 30.0 Å². The van der Waals surface area contributed by atoms with Gasteiger partial charge in [0, 0.05) is 24.1 Å². The minimum atomic E-state index is -4.80. The van der Waals surface area contributed by atoms with Crippen molar-refractivity contribution in [1.29, 1.82) is 0 Å². The molecule has 0 saturated carbocycles. The zero-order valence-corrected chi connectivity index (χ0v) is 20.2. The Balaban J connectivity index is 1.87. The molecule has 4 rings (SSSR count). The van der Waals surface area contributed by atoms with Crippen molar-refractivity contribution >= 4 is 33.3 Å². The summed E-state index contributed by atoms with van der Waals surface area (Å²) in [5.74, 6) is -3.09. The smallest absolute Gasteiger partial charge is 0.416 e. The van der Waals surface area contributed by atoms with Crippen LogP contribution < -0.4 is 9.04 Å². The van der Waals surface area contributed by atoms with Crippen LogP contribution in [-0.4, -0.2) is 32.1 Å². The van der Waals surface area contributed by atoms with Gasteiger partial charge in [-0.2, -0.15) is 13.2 Å². The van der Waals surface area contributed by atoms with Crippen LogP contribution in [0.4, 0.5) is 27.6 Å². The first-order valence-corrected chi connectivity index (χ1v) is 12.5. The van der Waals surface area contributed by atoms with E-state index in [9.17, 15) is 35.2 Å². The number of aliphatic carboxylic acids is 1. The number of ether oxygens (including phenoxy) is 1. The lowest BCUT2D eigenvalue weighted by atomic mass is 10.0. The minimum Gasteiger partial charge on any atom is -0.486 e. The third kappa shape index (κ3) is 5.64. The molecule has 196 valence electrons. The van der Waals surface area contributed by atoms with Crippen LogP contribution in [0.25, 0.3) is 11.1 Å². The van der Waals surface area contributed by atoms with Gasteiger partial charge in [0.15, 0.2) is 0 Å². The molecule has 1 N–H and O–H groups in total. The molecule has 0 radical (unpaired) electrons. The van der Waals surface area contributed by atoms with E-state index in [-0.39, 0.29) is 40.4 Å². The molecule has 1 aliphatic rings. The number of halogens is 6. The lowest BCUT2D eigenvalue weighted by molar-refractivity contribution is -0.138. The van der Waals surface area contributed by atoms with Crippen LogP contribution in [0.1, 0.15) is 18.4 Å². The molecule has 0 saturated heterocycles. The van der Waals surface area contributed by atoms with Gasteiger partial charge in [-0.25, -0.2) is 17.2 Å². The molecule has 0 aliphatic carbocycles. The zero-order chi connectivity index (χ0) is 27.1. The Labute approximate surface area is 212 Å². The van der Waals surface area contributed by atoms with E-state index < -0.39 is 56.9 Å². The van der Waals surface area contributed by atoms with Gasteiger partial charge in [0.25, 0.3) is 10.0 Å². The molecule has 6 nitrogen and oxygen atoms in total. The van der Waals surface area contributed by atoms with E-state index in [2.05, 4.69) is 0 Å². The topological polar surface area (TPSA) is 83.9 Å². The second-order valence-corrected chi connectivity index (χ2v) is 10.5. The monoisotopic (exact) mass is 561 g/mol. The number of fused-ring (bicyclic) bond motifs is 1. The summed E-state index contributed by atoms with van der Waals surface area (Å²) in [6, 6.07) is 8.13. The van der Waals surface area contributed by atoms with Crippen molar-refractivity contribution in [1.82, 2.24) is 0 Å². The fraction of sp³-hybridized carbons (Fsp3) is 0.208. The molecule has 0 aromatic heterocycles. The Bertz CT molecular complexity index is 1460. The number of carboxylic acid groups (broad SMARTS) is 1. The van der Waals surface area contributed by atoms with Crippen molar-refractivity contribution in [3.8, 4) is 16.9 Å². The molecule has 1 aliphatic heterocycles. The van der Waals surface area contributed by atoms with Crippen molar-refractivity contribution in [3.63, 3.8) is 0 Å².